The van der Waals surface area contributed by atoms with Crippen LogP contribution in [0.15, 0.2) is 60.9 Å². The number of hydrogen-bond acceptors (Lipinski definition) is 4. The molecular weight excluding hydrogens is 342 g/mol. The molecule has 0 spiro atoms. The maximum Gasteiger partial charge on any atom is 0.198 e. The molecule has 2 aromatic heterocycles. The van der Waals surface area contributed by atoms with Gasteiger partial charge in [0.2, 0.25) is 0 Å². The summed E-state index contributed by atoms with van der Waals surface area (Å²) in [7, 11) is 5.27. The van der Waals surface area contributed by atoms with Gasteiger partial charge in [-0.15, -0.1) is 0 Å². The van der Waals surface area contributed by atoms with Gasteiger partial charge in [-0.1, -0.05) is 0 Å². The highest BCUT2D eigenvalue weighted by molar-refractivity contribution is 6.01. The molecule has 0 radical (unpaired) electrons. The number of benzene rings is 1. The second-order valence-electron chi connectivity index (χ2n) is 6.41. The lowest BCUT2D eigenvalue weighted by atomic mass is 10.2. The summed E-state index contributed by atoms with van der Waals surface area (Å²) in [6, 6.07) is 14.6. The maximum absolute atomic E-state index is 12.8. The van der Waals surface area contributed by atoms with Gasteiger partial charge in [0, 0.05) is 32.2 Å². The smallest absolute Gasteiger partial charge is 0.198 e. The van der Waals surface area contributed by atoms with Crippen molar-refractivity contribution < 1.29 is 14.3 Å². The maximum atomic E-state index is 12.8. The first-order valence-electron chi connectivity index (χ1n) is 8.67. The number of carbonyl (C=O) groups excluding carboxylic acids is 2. The van der Waals surface area contributed by atoms with Crippen LogP contribution in [0, 0.1) is 0 Å². The van der Waals surface area contributed by atoms with Crippen molar-refractivity contribution in [3.63, 3.8) is 0 Å². The van der Waals surface area contributed by atoms with Crippen molar-refractivity contribution in [2.75, 3.05) is 25.1 Å². The number of nitrogens with zero attached hydrogens (tertiary/aromatic N) is 3. The highest BCUT2D eigenvalue weighted by atomic mass is 16.5. The molecule has 0 aliphatic carbocycles. The Morgan fingerprint density at radius 2 is 1.33 bits per heavy atom. The normalized spacial score (nSPS) is 10.6. The highest BCUT2D eigenvalue weighted by Crippen LogP contribution is 2.20. The molecule has 0 aliphatic heterocycles. The summed E-state index contributed by atoms with van der Waals surface area (Å²) in [5.74, 6) is 0.636. The van der Waals surface area contributed by atoms with Crippen LogP contribution in [-0.4, -0.2) is 40.9 Å². The van der Waals surface area contributed by atoms with Crippen molar-refractivity contribution in [3.8, 4) is 5.75 Å². The largest absolute Gasteiger partial charge is 0.497 e. The van der Waals surface area contributed by atoms with Crippen LogP contribution in [-0.2, 0) is 14.1 Å². The van der Waals surface area contributed by atoms with Gasteiger partial charge in [0.15, 0.2) is 11.6 Å². The van der Waals surface area contributed by atoms with E-state index in [1.54, 1.807) is 33.3 Å². The second-order valence-corrected chi connectivity index (χ2v) is 6.41. The molecule has 140 valence electrons. The van der Waals surface area contributed by atoms with Crippen LogP contribution in [0.25, 0.3) is 0 Å². The summed E-state index contributed by atoms with van der Waals surface area (Å²) in [6.45, 7) is 0.223. The Hall–Kier alpha value is -3.28. The van der Waals surface area contributed by atoms with Gasteiger partial charge in [-0.3, -0.25) is 9.59 Å². The van der Waals surface area contributed by atoms with Gasteiger partial charge in [-0.25, -0.2) is 0 Å². The quantitative estimate of drug-likeness (QED) is 0.576. The molecule has 6 heteroatoms. The summed E-state index contributed by atoms with van der Waals surface area (Å²) < 4.78 is 8.77. The summed E-state index contributed by atoms with van der Waals surface area (Å²) in [5, 5.41) is 0. The van der Waals surface area contributed by atoms with E-state index in [9.17, 15) is 9.59 Å². The third-order valence-electron chi connectivity index (χ3n) is 4.57. The molecule has 3 aromatic rings. The standard InChI is InChI=1S/C21H23N3O3/c1-22-12-4-6-18(22)20(25)14-24(16-8-10-17(27-3)11-9-16)15-21(26)19-7-5-13-23(19)2/h4-13H,14-15H2,1-3H3. The monoisotopic (exact) mass is 365 g/mol. The Morgan fingerprint density at radius 1 is 0.852 bits per heavy atom. The van der Waals surface area contributed by atoms with Gasteiger partial charge >= 0.3 is 0 Å². The van der Waals surface area contributed by atoms with E-state index in [1.165, 1.54) is 0 Å². The third-order valence-corrected chi connectivity index (χ3v) is 4.57. The number of ketones is 2. The lowest BCUT2D eigenvalue weighted by molar-refractivity contribution is 0.0976. The van der Waals surface area contributed by atoms with Crippen LogP contribution in [0.1, 0.15) is 21.0 Å². The van der Waals surface area contributed by atoms with E-state index in [1.807, 2.05) is 62.9 Å². The first kappa shape index (κ1) is 18.5. The number of Topliss-reactive ketones (excluding diaryl/α,β-unsaturated/α-hetero) is 2. The van der Waals surface area contributed by atoms with Gasteiger partial charge in [-0.2, -0.15) is 0 Å². The van der Waals surface area contributed by atoms with Crippen molar-refractivity contribution in [3.05, 3.63) is 72.3 Å². The van der Waals surface area contributed by atoms with E-state index in [-0.39, 0.29) is 24.7 Å². The first-order chi connectivity index (χ1) is 13.0. The van der Waals surface area contributed by atoms with E-state index < -0.39 is 0 Å². The topological polar surface area (TPSA) is 56.5 Å². The molecule has 0 saturated carbocycles. The van der Waals surface area contributed by atoms with Crippen LogP contribution in [0.4, 0.5) is 5.69 Å². The summed E-state index contributed by atoms with van der Waals surface area (Å²) in [4.78, 5) is 27.3. The molecule has 0 aliphatic rings. The molecular formula is C21H23N3O3. The molecule has 0 saturated heterocycles. The molecule has 0 bridgehead atoms. The van der Waals surface area contributed by atoms with E-state index in [4.69, 9.17) is 4.74 Å². The molecule has 0 N–H and O–H groups in total. The Labute approximate surface area is 158 Å². The molecule has 1 aromatic carbocycles. The van der Waals surface area contributed by atoms with Crippen molar-refractivity contribution in [2.24, 2.45) is 14.1 Å². The van der Waals surface area contributed by atoms with Gasteiger partial charge in [0.1, 0.15) is 5.75 Å². The van der Waals surface area contributed by atoms with Crippen molar-refractivity contribution in [1.82, 2.24) is 9.13 Å². The summed E-state index contributed by atoms with van der Waals surface area (Å²) in [6.07, 6.45) is 3.67. The van der Waals surface area contributed by atoms with Crippen LogP contribution in [0.5, 0.6) is 5.75 Å². The number of aryl methyl sites for hydroxylation is 2. The second kappa shape index (κ2) is 7.95. The zero-order valence-electron chi connectivity index (χ0n) is 15.8. The molecule has 3 rings (SSSR count). The fraction of sp³-hybridized carbons (Fsp3) is 0.238. The Bertz CT molecular complexity index is 883. The van der Waals surface area contributed by atoms with Crippen molar-refractivity contribution >= 4 is 17.3 Å². The minimum atomic E-state index is -0.0435. The fourth-order valence-electron chi connectivity index (χ4n) is 3.04. The van der Waals surface area contributed by atoms with Crippen LogP contribution in [0.3, 0.4) is 0 Å². The average molecular weight is 365 g/mol. The van der Waals surface area contributed by atoms with E-state index in [0.717, 1.165) is 11.4 Å². The summed E-state index contributed by atoms with van der Waals surface area (Å²) >= 11 is 0. The minimum absolute atomic E-state index is 0.0435. The predicted molar refractivity (Wildman–Crippen MR) is 105 cm³/mol. The van der Waals surface area contributed by atoms with E-state index in [2.05, 4.69) is 0 Å². The summed E-state index contributed by atoms with van der Waals surface area (Å²) in [5.41, 5.74) is 2.01. The van der Waals surface area contributed by atoms with Gasteiger partial charge in [-0.05, 0) is 48.5 Å². The number of rotatable bonds is 8. The predicted octanol–water partition coefficient (Wildman–Crippen LogP) is 2.94. The van der Waals surface area contributed by atoms with E-state index in [0.29, 0.717) is 11.4 Å². The van der Waals surface area contributed by atoms with Gasteiger partial charge in [0.05, 0.1) is 31.6 Å². The minimum Gasteiger partial charge on any atom is -0.497 e. The number of carbonyl (C=O) groups is 2. The van der Waals surface area contributed by atoms with Crippen LogP contribution in [0.2, 0.25) is 0 Å². The fourth-order valence-corrected chi connectivity index (χ4v) is 3.04. The zero-order chi connectivity index (χ0) is 19.4. The molecule has 0 atom stereocenters. The van der Waals surface area contributed by atoms with Gasteiger partial charge < -0.3 is 18.8 Å². The van der Waals surface area contributed by atoms with Gasteiger partial charge in [0.25, 0.3) is 0 Å². The molecule has 0 amide bonds. The van der Waals surface area contributed by atoms with Crippen molar-refractivity contribution in [2.45, 2.75) is 0 Å². The molecule has 27 heavy (non-hydrogen) atoms. The Kier molecular flexibility index (Phi) is 5.45. The molecule has 0 unspecified atom stereocenters. The molecule has 0 fully saturated rings. The average Bonchev–Trinajstić information content (AvgIpc) is 3.29. The lowest BCUT2D eigenvalue weighted by Gasteiger charge is -2.24. The van der Waals surface area contributed by atoms with Crippen LogP contribution < -0.4 is 9.64 Å². The number of ether oxygens (including phenoxy) is 1. The molecule has 6 nitrogen and oxygen atoms in total. The Balaban J connectivity index is 1.85. The highest BCUT2D eigenvalue weighted by Gasteiger charge is 2.20. The number of hydrogen-bond donors (Lipinski definition) is 0. The Morgan fingerprint density at radius 3 is 1.70 bits per heavy atom. The zero-order valence-corrected chi connectivity index (χ0v) is 15.8. The lowest BCUT2D eigenvalue weighted by Crippen LogP contribution is -2.35. The number of aromatic nitrogens is 2. The third kappa shape index (κ3) is 4.11. The van der Waals surface area contributed by atoms with E-state index >= 15 is 0 Å². The van der Waals surface area contributed by atoms with Crippen molar-refractivity contribution in [1.29, 1.82) is 0 Å². The first-order valence-corrected chi connectivity index (χ1v) is 8.67. The van der Waals surface area contributed by atoms with Crippen LogP contribution >= 0.6 is 0 Å². The molecule has 2 heterocycles. The number of anilines is 1. The SMILES string of the molecule is COc1ccc(N(CC(=O)c2cccn2C)CC(=O)c2cccn2C)cc1. The number of methoxy groups -OCH3 is 1.